The van der Waals surface area contributed by atoms with E-state index in [0.717, 1.165) is 33.9 Å². The van der Waals surface area contributed by atoms with E-state index in [0.29, 0.717) is 13.2 Å². The van der Waals surface area contributed by atoms with Crippen molar-refractivity contribution >= 4 is 0 Å². The van der Waals surface area contributed by atoms with Gasteiger partial charge in [0.25, 0.3) is 0 Å². The molecule has 3 aromatic carbocycles. The fourth-order valence-corrected chi connectivity index (χ4v) is 3.44. The third-order valence-corrected chi connectivity index (χ3v) is 4.93. The van der Waals surface area contributed by atoms with Crippen molar-refractivity contribution in [1.29, 1.82) is 0 Å². The molecule has 0 aliphatic carbocycles. The van der Waals surface area contributed by atoms with Crippen molar-refractivity contribution in [1.82, 2.24) is 0 Å². The molecule has 0 heterocycles. The van der Waals surface area contributed by atoms with Gasteiger partial charge in [-0.1, -0.05) is 36.4 Å². The van der Waals surface area contributed by atoms with Crippen LogP contribution in [0.2, 0.25) is 0 Å². The first-order valence-electron chi connectivity index (χ1n) is 9.45. The van der Waals surface area contributed by atoms with Gasteiger partial charge in [-0.2, -0.15) is 0 Å². The summed E-state index contributed by atoms with van der Waals surface area (Å²) < 4.78 is 22.5. The summed E-state index contributed by atoms with van der Waals surface area (Å²) in [6, 6.07) is 23.7. The molecule has 5 nitrogen and oxygen atoms in total. The lowest BCUT2D eigenvalue weighted by molar-refractivity contribution is 0.0178. The summed E-state index contributed by atoms with van der Waals surface area (Å²) in [6.07, 6.45) is 0. The molecular weight excluding hydrogens is 366 g/mol. The quantitative estimate of drug-likeness (QED) is 0.557. The molecule has 0 spiro atoms. The van der Waals surface area contributed by atoms with E-state index in [9.17, 15) is 0 Å². The highest BCUT2D eigenvalue weighted by atomic mass is 16.5. The SMILES string of the molecule is COc1ccc(C(OCCN)(c2ccc(OC)cc2)c2ccc(OC)cc2)cc1. The molecule has 0 aliphatic heterocycles. The standard InChI is InChI=1S/C24H27NO4/c1-26-21-10-4-18(5-11-21)24(29-17-16-25,19-6-12-22(27-2)13-7-19)20-8-14-23(28-3)15-9-20/h4-15H,16-17,25H2,1-3H3. The average molecular weight is 393 g/mol. The topological polar surface area (TPSA) is 62.9 Å². The second-order valence-corrected chi connectivity index (χ2v) is 6.50. The molecule has 152 valence electrons. The Balaban J connectivity index is 2.23. The van der Waals surface area contributed by atoms with E-state index < -0.39 is 5.60 Å². The van der Waals surface area contributed by atoms with Crippen molar-refractivity contribution in [3.63, 3.8) is 0 Å². The fraction of sp³-hybridized carbons (Fsp3) is 0.250. The van der Waals surface area contributed by atoms with Gasteiger partial charge in [0.1, 0.15) is 22.8 Å². The summed E-state index contributed by atoms with van der Waals surface area (Å²) in [7, 11) is 4.96. The molecule has 0 saturated carbocycles. The van der Waals surface area contributed by atoms with E-state index in [4.69, 9.17) is 24.7 Å². The van der Waals surface area contributed by atoms with Crippen molar-refractivity contribution < 1.29 is 18.9 Å². The van der Waals surface area contributed by atoms with Crippen LogP contribution in [0.25, 0.3) is 0 Å². The van der Waals surface area contributed by atoms with E-state index in [1.54, 1.807) is 21.3 Å². The van der Waals surface area contributed by atoms with Gasteiger partial charge in [0, 0.05) is 6.54 Å². The number of rotatable bonds is 9. The molecule has 2 N–H and O–H groups in total. The van der Waals surface area contributed by atoms with Crippen molar-refractivity contribution in [2.45, 2.75) is 5.60 Å². The summed E-state index contributed by atoms with van der Waals surface area (Å²) in [6.45, 7) is 0.800. The lowest BCUT2D eigenvalue weighted by Gasteiger charge is -2.36. The number of hydrogen-bond donors (Lipinski definition) is 1. The lowest BCUT2D eigenvalue weighted by atomic mass is 9.80. The molecule has 0 bridgehead atoms. The predicted octanol–water partition coefficient (Wildman–Crippen LogP) is 3.98. The molecule has 0 unspecified atom stereocenters. The molecule has 3 rings (SSSR count). The predicted molar refractivity (Wildman–Crippen MR) is 114 cm³/mol. The summed E-state index contributed by atoms with van der Waals surface area (Å²) in [5, 5.41) is 0. The van der Waals surface area contributed by atoms with Gasteiger partial charge >= 0.3 is 0 Å². The summed E-state index contributed by atoms with van der Waals surface area (Å²) >= 11 is 0. The molecule has 29 heavy (non-hydrogen) atoms. The van der Waals surface area contributed by atoms with Crippen LogP contribution in [0, 0.1) is 0 Å². The zero-order valence-electron chi connectivity index (χ0n) is 17.1. The van der Waals surface area contributed by atoms with E-state index in [1.807, 2.05) is 72.8 Å². The first-order valence-corrected chi connectivity index (χ1v) is 9.45. The molecule has 3 aromatic rings. The van der Waals surface area contributed by atoms with Gasteiger partial charge in [-0.15, -0.1) is 0 Å². The Bertz CT molecular complexity index is 774. The van der Waals surface area contributed by atoms with Gasteiger partial charge in [-0.25, -0.2) is 0 Å². The number of ether oxygens (including phenoxy) is 4. The van der Waals surface area contributed by atoms with Gasteiger partial charge in [0.05, 0.1) is 27.9 Å². The van der Waals surface area contributed by atoms with E-state index in [1.165, 1.54) is 0 Å². The maximum atomic E-state index is 6.51. The normalized spacial score (nSPS) is 11.2. The molecular formula is C24H27NO4. The van der Waals surface area contributed by atoms with Crippen molar-refractivity contribution in [3.05, 3.63) is 89.5 Å². The van der Waals surface area contributed by atoms with E-state index in [2.05, 4.69) is 0 Å². The van der Waals surface area contributed by atoms with Crippen LogP contribution in [0.15, 0.2) is 72.8 Å². The lowest BCUT2D eigenvalue weighted by Crippen LogP contribution is -2.34. The maximum Gasteiger partial charge on any atom is 0.143 e. The van der Waals surface area contributed by atoms with Crippen LogP contribution in [0.5, 0.6) is 17.2 Å². The van der Waals surface area contributed by atoms with Crippen molar-refractivity contribution in [3.8, 4) is 17.2 Å². The first-order chi connectivity index (χ1) is 14.2. The number of nitrogens with two attached hydrogens (primary N) is 1. The smallest absolute Gasteiger partial charge is 0.143 e. The Kier molecular flexibility index (Phi) is 6.75. The zero-order chi connectivity index (χ0) is 20.7. The van der Waals surface area contributed by atoms with Crippen LogP contribution < -0.4 is 19.9 Å². The zero-order valence-corrected chi connectivity index (χ0v) is 17.1. The molecule has 0 fully saturated rings. The Morgan fingerprint density at radius 1 is 0.586 bits per heavy atom. The molecule has 0 atom stereocenters. The molecule has 0 aliphatic rings. The molecule has 5 heteroatoms. The molecule has 0 amide bonds. The minimum atomic E-state index is -0.843. The first kappa shape index (κ1) is 20.7. The monoisotopic (exact) mass is 393 g/mol. The van der Waals surface area contributed by atoms with Gasteiger partial charge < -0.3 is 24.7 Å². The number of methoxy groups -OCH3 is 3. The van der Waals surface area contributed by atoms with Crippen molar-refractivity contribution in [2.75, 3.05) is 34.5 Å². The highest BCUT2D eigenvalue weighted by Gasteiger charge is 2.37. The van der Waals surface area contributed by atoms with Crippen LogP contribution in [-0.2, 0) is 10.3 Å². The van der Waals surface area contributed by atoms with Crippen LogP contribution in [-0.4, -0.2) is 34.5 Å². The molecule has 0 saturated heterocycles. The third-order valence-electron chi connectivity index (χ3n) is 4.93. The largest absolute Gasteiger partial charge is 0.497 e. The van der Waals surface area contributed by atoms with Crippen LogP contribution in [0.3, 0.4) is 0 Å². The Labute approximate surface area is 172 Å². The Morgan fingerprint density at radius 3 is 1.14 bits per heavy atom. The second-order valence-electron chi connectivity index (χ2n) is 6.50. The summed E-state index contributed by atoms with van der Waals surface area (Å²) in [5.74, 6) is 2.35. The average Bonchev–Trinajstić information content (AvgIpc) is 2.80. The second kappa shape index (κ2) is 9.45. The Hall–Kier alpha value is -3.02. The van der Waals surface area contributed by atoms with E-state index in [-0.39, 0.29) is 0 Å². The fourth-order valence-electron chi connectivity index (χ4n) is 3.44. The van der Waals surface area contributed by atoms with Gasteiger partial charge in [0.2, 0.25) is 0 Å². The minimum Gasteiger partial charge on any atom is -0.497 e. The highest BCUT2D eigenvalue weighted by molar-refractivity contribution is 5.50. The maximum absolute atomic E-state index is 6.51. The minimum absolute atomic E-state index is 0.393. The molecule has 0 radical (unpaired) electrons. The van der Waals surface area contributed by atoms with Crippen LogP contribution in [0.4, 0.5) is 0 Å². The van der Waals surface area contributed by atoms with E-state index >= 15 is 0 Å². The summed E-state index contributed by atoms with van der Waals surface area (Å²) in [4.78, 5) is 0. The van der Waals surface area contributed by atoms with Gasteiger partial charge in [0.15, 0.2) is 0 Å². The van der Waals surface area contributed by atoms with Gasteiger partial charge in [-0.3, -0.25) is 0 Å². The van der Waals surface area contributed by atoms with Gasteiger partial charge in [-0.05, 0) is 53.1 Å². The highest BCUT2D eigenvalue weighted by Crippen LogP contribution is 2.42. The van der Waals surface area contributed by atoms with Crippen LogP contribution in [0.1, 0.15) is 16.7 Å². The molecule has 0 aromatic heterocycles. The van der Waals surface area contributed by atoms with Crippen LogP contribution >= 0.6 is 0 Å². The number of hydrogen-bond acceptors (Lipinski definition) is 5. The summed E-state index contributed by atoms with van der Waals surface area (Å²) in [5.41, 5.74) is 7.90. The van der Waals surface area contributed by atoms with Crippen molar-refractivity contribution in [2.24, 2.45) is 5.73 Å². The third kappa shape index (κ3) is 4.21. The Morgan fingerprint density at radius 2 is 0.897 bits per heavy atom. The number of benzene rings is 3.